The van der Waals surface area contributed by atoms with Crippen molar-refractivity contribution in [3.05, 3.63) is 23.2 Å². The van der Waals surface area contributed by atoms with Crippen molar-refractivity contribution in [2.75, 3.05) is 25.1 Å². The van der Waals surface area contributed by atoms with E-state index in [0.717, 1.165) is 0 Å². The molecule has 0 fully saturated rings. The van der Waals surface area contributed by atoms with E-state index in [0.29, 0.717) is 23.0 Å². The van der Waals surface area contributed by atoms with Gasteiger partial charge >= 0.3 is 6.09 Å². The highest BCUT2D eigenvalue weighted by Gasteiger charge is 2.12. The first-order chi connectivity index (χ1) is 10.4. The Bertz CT molecular complexity index is 483. The number of carbonyl (C=O) groups excluding carboxylic acids is 1. The smallest absolute Gasteiger partial charge is 0.411 e. The minimum Gasteiger partial charge on any atom is -0.489 e. The van der Waals surface area contributed by atoms with Crippen LogP contribution in [0.25, 0.3) is 0 Å². The van der Waals surface area contributed by atoms with Gasteiger partial charge in [-0.2, -0.15) is 0 Å². The van der Waals surface area contributed by atoms with Crippen LogP contribution >= 0.6 is 11.6 Å². The van der Waals surface area contributed by atoms with E-state index in [-0.39, 0.29) is 19.3 Å². The summed E-state index contributed by atoms with van der Waals surface area (Å²) >= 11 is 5.92. The van der Waals surface area contributed by atoms with E-state index in [1.807, 2.05) is 13.8 Å². The van der Waals surface area contributed by atoms with E-state index >= 15 is 0 Å². The fourth-order valence-electron chi connectivity index (χ4n) is 1.62. The number of hydrogen-bond acceptors (Lipinski definition) is 5. The van der Waals surface area contributed by atoms with E-state index < -0.39 is 12.2 Å². The van der Waals surface area contributed by atoms with E-state index in [1.165, 1.54) is 0 Å². The van der Waals surface area contributed by atoms with Gasteiger partial charge in [-0.25, -0.2) is 4.79 Å². The standard InChI is InChI=1S/C15H23ClN2O4/c1-4-21-15(20)18-13-7-11(16)5-6-14(13)22-9-12(19)8-17-10(2)3/h5-7,10,12,17,19H,4,8-9H2,1-3H3,(H,18,20). The molecule has 22 heavy (non-hydrogen) atoms. The molecular formula is C15H23ClN2O4. The normalized spacial score (nSPS) is 12.1. The molecule has 3 N–H and O–H groups in total. The predicted octanol–water partition coefficient (Wildman–Crippen LogP) is 2.65. The van der Waals surface area contributed by atoms with Crippen molar-refractivity contribution in [2.24, 2.45) is 0 Å². The molecule has 0 aromatic heterocycles. The van der Waals surface area contributed by atoms with Gasteiger partial charge in [-0.3, -0.25) is 5.32 Å². The lowest BCUT2D eigenvalue weighted by atomic mass is 10.3. The number of anilines is 1. The Morgan fingerprint density at radius 3 is 2.77 bits per heavy atom. The van der Waals surface area contributed by atoms with Crippen LogP contribution in [-0.4, -0.2) is 43.1 Å². The largest absolute Gasteiger partial charge is 0.489 e. The van der Waals surface area contributed by atoms with Crippen LogP contribution in [0.3, 0.4) is 0 Å². The molecule has 1 aromatic carbocycles. The predicted molar refractivity (Wildman–Crippen MR) is 86.7 cm³/mol. The summed E-state index contributed by atoms with van der Waals surface area (Å²) < 4.78 is 10.4. The highest BCUT2D eigenvalue weighted by Crippen LogP contribution is 2.28. The number of ether oxygens (including phenoxy) is 2. The molecule has 0 radical (unpaired) electrons. The van der Waals surface area contributed by atoms with Gasteiger partial charge in [-0.1, -0.05) is 25.4 Å². The van der Waals surface area contributed by atoms with Crippen LogP contribution in [0.1, 0.15) is 20.8 Å². The Labute approximate surface area is 135 Å². The van der Waals surface area contributed by atoms with Crippen molar-refractivity contribution < 1.29 is 19.4 Å². The molecule has 1 aromatic rings. The third-order valence-corrected chi connectivity index (χ3v) is 2.88. The van der Waals surface area contributed by atoms with E-state index in [2.05, 4.69) is 10.6 Å². The Morgan fingerprint density at radius 1 is 1.41 bits per heavy atom. The molecule has 124 valence electrons. The number of nitrogens with one attached hydrogen (secondary N) is 2. The number of benzene rings is 1. The maximum atomic E-state index is 11.5. The third-order valence-electron chi connectivity index (χ3n) is 2.65. The first kappa shape index (κ1) is 18.5. The Morgan fingerprint density at radius 2 is 2.14 bits per heavy atom. The van der Waals surface area contributed by atoms with Crippen molar-refractivity contribution in [1.82, 2.24) is 5.32 Å². The first-order valence-electron chi connectivity index (χ1n) is 7.20. The van der Waals surface area contributed by atoms with Gasteiger partial charge in [-0.05, 0) is 25.1 Å². The number of rotatable bonds is 8. The van der Waals surface area contributed by atoms with Crippen molar-refractivity contribution in [3.8, 4) is 5.75 Å². The van der Waals surface area contributed by atoms with Crippen LogP contribution in [0.5, 0.6) is 5.75 Å². The van der Waals surface area contributed by atoms with Crippen LogP contribution in [0.2, 0.25) is 5.02 Å². The molecule has 0 heterocycles. The zero-order valence-electron chi connectivity index (χ0n) is 13.1. The SMILES string of the molecule is CCOC(=O)Nc1cc(Cl)ccc1OCC(O)CNC(C)C. The number of aliphatic hydroxyl groups is 1. The Balaban J connectivity index is 2.63. The molecule has 1 unspecified atom stereocenters. The summed E-state index contributed by atoms with van der Waals surface area (Å²) in [6.45, 7) is 6.49. The molecule has 0 aliphatic rings. The van der Waals surface area contributed by atoms with Gasteiger partial charge in [0, 0.05) is 17.6 Å². The molecule has 1 amide bonds. The van der Waals surface area contributed by atoms with Crippen molar-refractivity contribution >= 4 is 23.4 Å². The molecule has 0 aliphatic carbocycles. The van der Waals surface area contributed by atoms with Crippen molar-refractivity contribution in [3.63, 3.8) is 0 Å². The van der Waals surface area contributed by atoms with Gasteiger partial charge in [0.1, 0.15) is 18.5 Å². The van der Waals surface area contributed by atoms with Gasteiger partial charge < -0.3 is 19.9 Å². The molecule has 7 heteroatoms. The fraction of sp³-hybridized carbons (Fsp3) is 0.533. The van der Waals surface area contributed by atoms with Crippen molar-refractivity contribution in [2.45, 2.75) is 32.9 Å². The molecule has 6 nitrogen and oxygen atoms in total. The number of carbonyl (C=O) groups is 1. The van der Waals surface area contributed by atoms with Crippen LogP contribution < -0.4 is 15.4 Å². The monoisotopic (exact) mass is 330 g/mol. The summed E-state index contributed by atoms with van der Waals surface area (Å²) in [7, 11) is 0. The summed E-state index contributed by atoms with van der Waals surface area (Å²) in [4.78, 5) is 11.5. The summed E-state index contributed by atoms with van der Waals surface area (Å²) in [5.74, 6) is 0.418. The van der Waals surface area contributed by atoms with E-state index in [4.69, 9.17) is 21.1 Å². The highest BCUT2D eigenvalue weighted by molar-refractivity contribution is 6.31. The molecule has 1 rings (SSSR count). The first-order valence-corrected chi connectivity index (χ1v) is 7.57. The number of amides is 1. The summed E-state index contributed by atoms with van der Waals surface area (Å²) in [6, 6.07) is 5.12. The Hall–Kier alpha value is -1.50. The van der Waals surface area contributed by atoms with Gasteiger partial charge in [0.05, 0.1) is 12.3 Å². The van der Waals surface area contributed by atoms with Crippen LogP contribution in [0.4, 0.5) is 10.5 Å². The van der Waals surface area contributed by atoms with Crippen molar-refractivity contribution in [1.29, 1.82) is 0 Å². The zero-order valence-corrected chi connectivity index (χ0v) is 13.8. The number of aliphatic hydroxyl groups excluding tert-OH is 1. The average molecular weight is 331 g/mol. The molecule has 0 saturated heterocycles. The summed E-state index contributed by atoms with van der Waals surface area (Å²) in [6.07, 6.45) is -1.25. The molecule has 1 atom stereocenters. The molecule has 0 spiro atoms. The lowest BCUT2D eigenvalue weighted by Gasteiger charge is -2.17. The fourth-order valence-corrected chi connectivity index (χ4v) is 1.79. The van der Waals surface area contributed by atoms with E-state index in [1.54, 1.807) is 25.1 Å². The topological polar surface area (TPSA) is 79.8 Å². The summed E-state index contributed by atoms with van der Waals surface area (Å²) in [5, 5.41) is 16.0. The van der Waals surface area contributed by atoms with E-state index in [9.17, 15) is 9.90 Å². The third kappa shape index (κ3) is 6.98. The van der Waals surface area contributed by atoms with Crippen LogP contribution in [0.15, 0.2) is 18.2 Å². The number of halogens is 1. The lowest BCUT2D eigenvalue weighted by molar-refractivity contribution is 0.105. The molecule has 0 bridgehead atoms. The Kier molecular flexibility index (Phi) is 8.01. The molecular weight excluding hydrogens is 308 g/mol. The minimum absolute atomic E-state index is 0.0961. The quantitative estimate of drug-likeness (QED) is 0.683. The maximum Gasteiger partial charge on any atom is 0.411 e. The highest BCUT2D eigenvalue weighted by atomic mass is 35.5. The summed E-state index contributed by atoms with van der Waals surface area (Å²) in [5.41, 5.74) is 0.398. The maximum absolute atomic E-state index is 11.5. The second-order valence-corrected chi connectivity index (χ2v) is 5.45. The minimum atomic E-state index is -0.659. The van der Waals surface area contributed by atoms with Crippen LogP contribution in [0, 0.1) is 0 Å². The average Bonchev–Trinajstić information content (AvgIpc) is 2.44. The van der Waals surface area contributed by atoms with Gasteiger partial charge in [0.2, 0.25) is 0 Å². The molecule has 0 aliphatic heterocycles. The lowest BCUT2D eigenvalue weighted by Crippen LogP contribution is -2.35. The van der Waals surface area contributed by atoms with Gasteiger partial charge in [0.25, 0.3) is 0 Å². The van der Waals surface area contributed by atoms with Crippen LogP contribution in [-0.2, 0) is 4.74 Å². The number of hydrogen-bond donors (Lipinski definition) is 3. The van der Waals surface area contributed by atoms with Gasteiger partial charge in [-0.15, -0.1) is 0 Å². The zero-order chi connectivity index (χ0) is 16.5. The second-order valence-electron chi connectivity index (χ2n) is 5.01. The second kappa shape index (κ2) is 9.50. The molecule has 0 saturated carbocycles. The van der Waals surface area contributed by atoms with Gasteiger partial charge in [0.15, 0.2) is 0 Å².